The van der Waals surface area contributed by atoms with Crippen LogP contribution < -0.4 is 0 Å². The minimum Gasteiger partial charge on any atom is -0.465 e. The number of oxazole rings is 1. The fraction of sp³-hybridized carbons (Fsp3) is 0.182. The number of methoxy groups -OCH3 is 2. The minimum absolute atomic E-state index is 0.149. The van der Waals surface area contributed by atoms with E-state index in [0.29, 0.717) is 16.7 Å². The number of carbonyl (C=O) groups excluding carboxylic acids is 2. The number of fused-ring (bicyclic) bond motifs is 1. The Morgan fingerprint density at radius 3 is 2.53 bits per heavy atom. The summed E-state index contributed by atoms with van der Waals surface area (Å²) in [4.78, 5) is 26.4. The average Bonchev–Trinajstić information content (AvgIpc) is 2.79. The summed E-state index contributed by atoms with van der Waals surface area (Å²) in [6, 6.07) is 4.55. The van der Waals surface area contributed by atoms with Crippen LogP contribution >= 0.6 is 0 Å². The van der Waals surface area contributed by atoms with Gasteiger partial charge in [0.05, 0.1) is 19.8 Å². The number of aromatic nitrogens is 1. The van der Waals surface area contributed by atoms with Crippen molar-refractivity contribution < 1.29 is 23.5 Å². The van der Waals surface area contributed by atoms with Crippen LogP contribution in [0.1, 0.15) is 21.0 Å². The molecular formula is C11H9NO5. The zero-order valence-electron chi connectivity index (χ0n) is 9.22. The Morgan fingerprint density at radius 2 is 1.88 bits per heavy atom. The van der Waals surface area contributed by atoms with Crippen LogP contribution in [0.2, 0.25) is 0 Å². The zero-order valence-corrected chi connectivity index (χ0v) is 9.22. The van der Waals surface area contributed by atoms with E-state index in [1.165, 1.54) is 26.4 Å². The van der Waals surface area contributed by atoms with Gasteiger partial charge in [0.1, 0.15) is 5.52 Å². The van der Waals surface area contributed by atoms with E-state index in [1.54, 1.807) is 6.07 Å². The van der Waals surface area contributed by atoms with Crippen molar-refractivity contribution >= 4 is 23.0 Å². The van der Waals surface area contributed by atoms with Gasteiger partial charge in [0.15, 0.2) is 5.58 Å². The summed E-state index contributed by atoms with van der Waals surface area (Å²) in [5.41, 5.74) is 1.14. The maximum atomic E-state index is 11.3. The summed E-state index contributed by atoms with van der Waals surface area (Å²) in [5, 5.41) is 0. The van der Waals surface area contributed by atoms with Crippen LogP contribution in [-0.2, 0) is 9.47 Å². The van der Waals surface area contributed by atoms with Gasteiger partial charge in [-0.15, -0.1) is 0 Å². The smallest absolute Gasteiger partial charge is 0.394 e. The maximum Gasteiger partial charge on any atom is 0.394 e. The molecular weight excluding hydrogens is 226 g/mol. The van der Waals surface area contributed by atoms with Gasteiger partial charge in [-0.05, 0) is 18.2 Å². The molecule has 6 heteroatoms. The van der Waals surface area contributed by atoms with Crippen molar-refractivity contribution in [3.8, 4) is 0 Å². The van der Waals surface area contributed by atoms with Gasteiger partial charge in [0.25, 0.3) is 0 Å². The third-order valence-corrected chi connectivity index (χ3v) is 2.17. The molecule has 2 rings (SSSR count). The average molecular weight is 235 g/mol. The Labute approximate surface area is 96.1 Å². The third kappa shape index (κ3) is 1.96. The van der Waals surface area contributed by atoms with Crippen LogP contribution in [0.5, 0.6) is 0 Å². The van der Waals surface area contributed by atoms with E-state index < -0.39 is 11.9 Å². The van der Waals surface area contributed by atoms with Crippen molar-refractivity contribution in [1.29, 1.82) is 0 Å². The molecule has 2 aromatic rings. The van der Waals surface area contributed by atoms with Gasteiger partial charge in [0.2, 0.25) is 0 Å². The van der Waals surface area contributed by atoms with Crippen molar-refractivity contribution in [1.82, 2.24) is 4.98 Å². The molecule has 0 amide bonds. The second-order valence-electron chi connectivity index (χ2n) is 3.18. The van der Waals surface area contributed by atoms with Crippen molar-refractivity contribution in [3.05, 3.63) is 29.7 Å². The topological polar surface area (TPSA) is 78.6 Å². The van der Waals surface area contributed by atoms with E-state index >= 15 is 0 Å². The number of hydrogen-bond acceptors (Lipinski definition) is 6. The Kier molecular flexibility index (Phi) is 2.78. The molecule has 0 atom stereocenters. The number of ether oxygens (including phenoxy) is 2. The van der Waals surface area contributed by atoms with Crippen molar-refractivity contribution in [2.45, 2.75) is 0 Å². The van der Waals surface area contributed by atoms with Gasteiger partial charge < -0.3 is 13.9 Å². The molecule has 17 heavy (non-hydrogen) atoms. The van der Waals surface area contributed by atoms with Crippen LogP contribution in [0.25, 0.3) is 11.1 Å². The second-order valence-corrected chi connectivity index (χ2v) is 3.18. The molecule has 0 radical (unpaired) electrons. The van der Waals surface area contributed by atoms with Gasteiger partial charge in [-0.3, -0.25) is 0 Å². The lowest BCUT2D eigenvalue weighted by molar-refractivity contribution is 0.0557. The van der Waals surface area contributed by atoms with E-state index in [0.717, 1.165) is 0 Å². The maximum absolute atomic E-state index is 11.3. The molecule has 0 aliphatic rings. The summed E-state index contributed by atoms with van der Waals surface area (Å²) in [6.07, 6.45) is 0. The fourth-order valence-electron chi connectivity index (χ4n) is 1.35. The number of rotatable bonds is 2. The van der Waals surface area contributed by atoms with E-state index in [9.17, 15) is 9.59 Å². The predicted molar refractivity (Wildman–Crippen MR) is 56.7 cm³/mol. The lowest BCUT2D eigenvalue weighted by Gasteiger charge is -1.96. The van der Waals surface area contributed by atoms with E-state index in [-0.39, 0.29) is 5.89 Å². The lowest BCUT2D eigenvalue weighted by Crippen LogP contribution is -2.01. The van der Waals surface area contributed by atoms with Crippen LogP contribution in [0.15, 0.2) is 22.6 Å². The summed E-state index contributed by atoms with van der Waals surface area (Å²) < 4.78 is 14.2. The number of carbonyl (C=O) groups is 2. The number of nitrogens with zero attached hydrogens (tertiary/aromatic N) is 1. The molecule has 0 fully saturated rings. The van der Waals surface area contributed by atoms with Gasteiger partial charge in [-0.2, -0.15) is 0 Å². The molecule has 0 saturated carbocycles. The Morgan fingerprint density at radius 1 is 1.18 bits per heavy atom. The first-order valence-corrected chi connectivity index (χ1v) is 4.73. The van der Waals surface area contributed by atoms with Gasteiger partial charge >= 0.3 is 17.8 Å². The Bertz CT molecular complexity index is 573. The number of esters is 2. The molecule has 1 heterocycles. The van der Waals surface area contributed by atoms with E-state index in [4.69, 9.17) is 4.42 Å². The molecule has 0 N–H and O–H groups in total. The monoisotopic (exact) mass is 235 g/mol. The highest BCUT2D eigenvalue weighted by atomic mass is 16.5. The second kappa shape index (κ2) is 4.25. The molecule has 1 aromatic heterocycles. The first-order valence-electron chi connectivity index (χ1n) is 4.73. The van der Waals surface area contributed by atoms with Crippen molar-refractivity contribution in [2.75, 3.05) is 14.2 Å². The molecule has 88 valence electrons. The largest absolute Gasteiger partial charge is 0.465 e. The van der Waals surface area contributed by atoms with E-state index in [1.807, 2.05) is 0 Å². The Balaban J connectivity index is 2.48. The van der Waals surface area contributed by atoms with Gasteiger partial charge in [-0.25, -0.2) is 14.6 Å². The highest BCUT2D eigenvalue weighted by molar-refractivity contribution is 5.94. The standard InChI is InChI=1S/C11H9NO5/c1-15-10(13)6-3-4-8-7(5-6)12-9(17-8)11(14)16-2/h3-5H,1-2H3. The first-order chi connectivity index (χ1) is 8.15. The fourth-order valence-corrected chi connectivity index (χ4v) is 1.35. The molecule has 0 aliphatic heterocycles. The molecule has 0 saturated heterocycles. The summed E-state index contributed by atoms with van der Waals surface area (Å²) in [7, 11) is 2.52. The highest BCUT2D eigenvalue weighted by Gasteiger charge is 2.16. The summed E-state index contributed by atoms with van der Waals surface area (Å²) in [5.74, 6) is -1.29. The van der Waals surface area contributed by atoms with Crippen LogP contribution in [-0.4, -0.2) is 31.1 Å². The van der Waals surface area contributed by atoms with Crippen molar-refractivity contribution in [2.24, 2.45) is 0 Å². The highest BCUT2D eigenvalue weighted by Crippen LogP contribution is 2.18. The van der Waals surface area contributed by atoms with E-state index in [2.05, 4.69) is 14.5 Å². The predicted octanol–water partition coefficient (Wildman–Crippen LogP) is 1.40. The molecule has 0 bridgehead atoms. The van der Waals surface area contributed by atoms with Gasteiger partial charge in [0, 0.05) is 0 Å². The molecule has 0 aliphatic carbocycles. The van der Waals surface area contributed by atoms with Gasteiger partial charge in [-0.1, -0.05) is 0 Å². The summed E-state index contributed by atoms with van der Waals surface area (Å²) in [6.45, 7) is 0. The lowest BCUT2D eigenvalue weighted by atomic mass is 10.2. The van der Waals surface area contributed by atoms with Crippen LogP contribution in [0.4, 0.5) is 0 Å². The summed E-state index contributed by atoms with van der Waals surface area (Å²) >= 11 is 0. The normalized spacial score (nSPS) is 10.2. The molecule has 6 nitrogen and oxygen atoms in total. The number of hydrogen-bond donors (Lipinski definition) is 0. The quantitative estimate of drug-likeness (QED) is 0.732. The molecule has 0 unspecified atom stereocenters. The number of benzene rings is 1. The molecule has 1 aromatic carbocycles. The van der Waals surface area contributed by atoms with Crippen molar-refractivity contribution in [3.63, 3.8) is 0 Å². The minimum atomic E-state index is -0.666. The SMILES string of the molecule is COC(=O)c1ccc2oc(C(=O)OC)nc2c1. The molecule has 0 spiro atoms. The Hall–Kier alpha value is -2.37. The van der Waals surface area contributed by atoms with Crippen LogP contribution in [0, 0.1) is 0 Å². The third-order valence-electron chi connectivity index (χ3n) is 2.17. The first kappa shape index (κ1) is 11.1. The van der Waals surface area contributed by atoms with Crippen LogP contribution in [0.3, 0.4) is 0 Å². The zero-order chi connectivity index (χ0) is 12.4.